The molecule has 2 fully saturated rings. The molecule has 15 nitrogen and oxygen atoms in total. The van der Waals surface area contributed by atoms with Crippen LogP contribution in [0.1, 0.15) is 61.3 Å². The van der Waals surface area contributed by atoms with Crippen molar-refractivity contribution in [1.29, 1.82) is 0 Å². The van der Waals surface area contributed by atoms with Crippen LogP contribution in [0.3, 0.4) is 0 Å². The molecule has 1 spiro atoms. The summed E-state index contributed by atoms with van der Waals surface area (Å²) < 4.78 is 22.2. The van der Waals surface area contributed by atoms with Gasteiger partial charge in [-0.2, -0.15) is 4.90 Å². The number of aromatic nitrogens is 2. The summed E-state index contributed by atoms with van der Waals surface area (Å²) >= 11 is 13.4. The molecule has 1 aromatic heterocycles. The topological polar surface area (TPSA) is 156 Å². The number of hydrogen-bond acceptors (Lipinski definition) is 12. The Bertz CT molecular complexity index is 1940. The molecule has 0 aliphatic carbocycles. The standard InChI is InChI=1S/C39H52Cl2N8O7/c1-11-46-16-14-39(21-46)15-17-47(22-39)24-12-13-26(25(42)18-24)48(35(51)55-37(2,3)4)30-20-29(43-23-44-30)45(8)34(50)49(36(52)56-38(5,6)7)33-31(40)27(53-9)19-28(54-10)32(33)41/h12-13,18-20,23H,11,14-17,21-22,42H2,1-10H3. The van der Waals surface area contributed by atoms with Gasteiger partial charge in [0.1, 0.15) is 56.4 Å². The van der Waals surface area contributed by atoms with E-state index in [4.69, 9.17) is 47.9 Å². The number of halogens is 2. The molecule has 2 aliphatic rings. The molecule has 1 unspecified atom stereocenters. The Morgan fingerprint density at radius 3 is 2.00 bits per heavy atom. The molecule has 3 aromatic rings. The molecule has 56 heavy (non-hydrogen) atoms. The average molecular weight is 816 g/mol. The van der Waals surface area contributed by atoms with Crippen LogP contribution in [-0.4, -0.2) is 98.3 Å². The van der Waals surface area contributed by atoms with E-state index in [1.54, 1.807) is 47.6 Å². The molecular formula is C39H52Cl2N8O7. The minimum Gasteiger partial charge on any atom is -0.495 e. The lowest BCUT2D eigenvalue weighted by molar-refractivity contribution is 0.0584. The van der Waals surface area contributed by atoms with Gasteiger partial charge in [0.25, 0.3) is 0 Å². The molecule has 2 aromatic carbocycles. The summed E-state index contributed by atoms with van der Waals surface area (Å²) in [5, 5.41) is -0.306. The molecule has 17 heteroatoms. The summed E-state index contributed by atoms with van der Waals surface area (Å²) in [5.74, 6) is 0.189. The quantitative estimate of drug-likeness (QED) is 0.217. The highest BCUT2D eigenvalue weighted by Gasteiger charge is 2.43. The SMILES string of the molecule is CCN1CCC2(CCN(c3ccc(N(C(=O)OC(C)(C)C)c4cc(N(C)C(=O)N(C(=O)OC(C)(C)C)c5c(Cl)c(OC)cc(OC)c5Cl)ncn4)c(N)c3)C2)C1. The van der Waals surface area contributed by atoms with Crippen molar-refractivity contribution in [1.82, 2.24) is 14.9 Å². The Morgan fingerprint density at radius 1 is 0.857 bits per heavy atom. The van der Waals surface area contributed by atoms with Crippen LogP contribution in [0.15, 0.2) is 36.7 Å². The van der Waals surface area contributed by atoms with E-state index in [1.807, 2.05) is 12.1 Å². The minimum atomic E-state index is -1.09. The van der Waals surface area contributed by atoms with E-state index in [1.165, 1.54) is 44.6 Å². The van der Waals surface area contributed by atoms with Crippen molar-refractivity contribution in [2.75, 3.05) is 79.3 Å². The van der Waals surface area contributed by atoms with Crippen LogP contribution >= 0.6 is 23.2 Å². The molecule has 0 saturated carbocycles. The molecule has 1 atom stereocenters. The number of likely N-dealkylation sites (tertiary alicyclic amines) is 1. The first kappa shape index (κ1) is 42.4. The van der Waals surface area contributed by atoms with E-state index >= 15 is 0 Å². The largest absolute Gasteiger partial charge is 0.495 e. The number of hydrogen-bond donors (Lipinski definition) is 1. The zero-order valence-corrected chi connectivity index (χ0v) is 35.2. The number of anilines is 6. The van der Waals surface area contributed by atoms with E-state index in [0.29, 0.717) is 16.3 Å². The number of carbonyl (C=O) groups is 3. The number of ether oxygens (including phenoxy) is 4. The maximum atomic E-state index is 14.5. The second kappa shape index (κ2) is 16.4. The van der Waals surface area contributed by atoms with Gasteiger partial charge in [-0.25, -0.2) is 29.3 Å². The van der Waals surface area contributed by atoms with Crippen molar-refractivity contribution < 1.29 is 33.3 Å². The van der Waals surface area contributed by atoms with E-state index in [-0.39, 0.29) is 44.3 Å². The maximum Gasteiger partial charge on any atom is 0.423 e. The molecule has 2 N–H and O–H groups in total. The van der Waals surface area contributed by atoms with Crippen molar-refractivity contribution in [3.63, 3.8) is 0 Å². The van der Waals surface area contributed by atoms with E-state index in [2.05, 4.69) is 26.7 Å². The number of nitrogens with two attached hydrogens (primary N) is 1. The minimum absolute atomic E-state index is 0.0144. The summed E-state index contributed by atoms with van der Waals surface area (Å²) in [6, 6.07) is 7.39. The van der Waals surface area contributed by atoms with Gasteiger partial charge in [0.15, 0.2) is 0 Å². The third kappa shape index (κ3) is 9.11. The van der Waals surface area contributed by atoms with Gasteiger partial charge in [0, 0.05) is 49.9 Å². The summed E-state index contributed by atoms with van der Waals surface area (Å²) in [6.45, 7) is 17.4. The van der Waals surface area contributed by atoms with Crippen LogP contribution in [-0.2, 0) is 9.47 Å². The van der Waals surface area contributed by atoms with Gasteiger partial charge in [-0.3, -0.25) is 4.90 Å². The lowest BCUT2D eigenvalue weighted by atomic mass is 9.86. The third-order valence-corrected chi connectivity index (χ3v) is 10.4. The first-order chi connectivity index (χ1) is 26.2. The molecule has 2 aliphatic heterocycles. The van der Waals surface area contributed by atoms with Crippen LogP contribution in [0.2, 0.25) is 10.0 Å². The first-order valence-electron chi connectivity index (χ1n) is 18.3. The zero-order chi connectivity index (χ0) is 41.3. The molecular weight excluding hydrogens is 763 g/mol. The summed E-state index contributed by atoms with van der Waals surface area (Å²) in [5.41, 5.74) is 6.41. The highest BCUT2D eigenvalue weighted by Crippen LogP contribution is 2.47. The predicted octanol–water partition coefficient (Wildman–Crippen LogP) is 8.38. The van der Waals surface area contributed by atoms with Gasteiger partial charge in [0.05, 0.1) is 25.6 Å². The number of carbonyl (C=O) groups excluding carboxylic acids is 3. The number of nitrogen functional groups attached to an aromatic ring is 1. The lowest BCUT2D eigenvalue weighted by Crippen LogP contribution is -2.48. The molecule has 5 rings (SSSR count). The van der Waals surface area contributed by atoms with Gasteiger partial charge in [-0.1, -0.05) is 30.1 Å². The molecule has 3 heterocycles. The molecule has 304 valence electrons. The number of amides is 4. The number of benzene rings is 2. The lowest BCUT2D eigenvalue weighted by Gasteiger charge is -2.31. The molecule has 0 bridgehead atoms. The number of rotatable bonds is 8. The summed E-state index contributed by atoms with van der Waals surface area (Å²) in [4.78, 5) is 58.7. The van der Waals surface area contributed by atoms with Crippen LogP contribution in [0.4, 0.5) is 48.8 Å². The number of nitrogens with zero attached hydrogens (tertiary/aromatic N) is 7. The second-order valence-corrected chi connectivity index (χ2v) is 16.8. The number of urea groups is 1. The number of methoxy groups -OCH3 is 2. The van der Waals surface area contributed by atoms with E-state index < -0.39 is 29.4 Å². The highest BCUT2D eigenvalue weighted by atomic mass is 35.5. The van der Waals surface area contributed by atoms with Gasteiger partial charge in [-0.15, -0.1) is 0 Å². The zero-order valence-electron chi connectivity index (χ0n) is 33.7. The normalized spacial score (nSPS) is 17.2. The van der Waals surface area contributed by atoms with Crippen molar-refractivity contribution >= 4 is 75.8 Å². The Kier molecular flexibility index (Phi) is 12.4. The van der Waals surface area contributed by atoms with Crippen LogP contribution in [0, 0.1) is 5.41 Å². The fourth-order valence-electron chi connectivity index (χ4n) is 6.88. The first-order valence-corrected chi connectivity index (χ1v) is 19.1. The van der Waals surface area contributed by atoms with Gasteiger partial charge >= 0.3 is 18.2 Å². The van der Waals surface area contributed by atoms with Crippen molar-refractivity contribution in [2.24, 2.45) is 5.41 Å². The fraction of sp³-hybridized carbons (Fsp3) is 0.513. The summed E-state index contributed by atoms with van der Waals surface area (Å²) in [7, 11) is 4.10. The molecule has 2 saturated heterocycles. The Hall–Kier alpha value is -4.73. The third-order valence-electron chi connectivity index (χ3n) is 9.64. The van der Waals surface area contributed by atoms with E-state index in [9.17, 15) is 14.4 Å². The Balaban J connectivity index is 1.53. The average Bonchev–Trinajstić information content (AvgIpc) is 3.74. The monoisotopic (exact) mass is 814 g/mol. The van der Waals surface area contributed by atoms with Gasteiger partial charge in [0.2, 0.25) is 0 Å². The van der Waals surface area contributed by atoms with Crippen molar-refractivity contribution in [2.45, 2.75) is 72.5 Å². The second-order valence-electron chi connectivity index (χ2n) is 16.0. The van der Waals surface area contributed by atoms with Crippen LogP contribution in [0.25, 0.3) is 0 Å². The van der Waals surface area contributed by atoms with Crippen LogP contribution < -0.4 is 34.8 Å². The van der Waals surface area contributed by atoms with Gasteiger partial charge < -0.3 is 34.5 Å². The highest BCUT2D eigenvalue weighted by molar-refractivity contribution is 6.43. The Morgan fingerprint density at radius 2 is 1.45 bits per heavy atom. The van der Waals surface area contributed by atoms with Crippen LogP contribution in [0.5, 0.6) is 11.5 Å². The van der Waals surface area contributed by atoms with Crippen molar-refractivity contribution in [3.05, 3.63) is 46.7 Å². The van der Waals surface area contributed by atoms with Gasteiger partial charge in [-0.05, 0) is 85.7 Å². The molecule has 4 amide bonds. The predicted molar refractivity (Wildman–Crippen MR) is 219 cm³/mol. The fourth-order valence-corrected chi connectivity index (χ4v) is 7.55. The smallest absolute Gasteiger partial charge is 0.423 e. The molecule has 0 radical (unpaired) electrons. The Labute approximate surface area is 338 Å². The number of imide groups is 1. The maximum absolute atomic E-state index is 14.5. The summed E-state index contributed by atoms with van der Waals surface area (Å²) in [6.07, 6.45) is 1.57. The van der Waals surface area contributed by atoms with E-state index in [0.717, 1.165) is 56.2 Å². The van der Waals surface area contributed by atoms with Crippen molar-refractivity contribution in [3.8, 4) is 11.5 Å².